The Morgan fingerprint density at radius 1 is 1.47 bits per heavy atom. The quantitative estimate of drug-likeness (QED) is 0.818. The van der Waals surface area contributed by atoms with E-state index in [0.717, 1.165) is 17.0 Å². The van der Waals surface area contributed by atoms with Gasteiger partial charge in [-0.2, -0.15) is 0 Å². The predicted molar refractivity (Wildman–Crippen MR) is 66.0 cm³/mol. The highest BCUT2D eigenvalue weighted by molar-refractivity contribution is 5.49. The van der Waals surface area contributed by atoms with Gasteiger partial charge >= 0.3 is 0 Å². The van der Waals surface area contributed by atoms with Crippen molar-refractivity contribution in [3.05, 3.63) is 23.8 Å². The Morgan fingerprint density at radius 2 is 2.24 bits per heavy atom. The summed E-state index contributed by atoms with van der Waals surface area (Å²) < 4.78 is 16.8. The van der Waals surface area contributed by atoms with E-state index in [-0.39, 0.29) is 6.10 Å². The zero-order valence-corrected chi connectivity index (χ0v) is 10.5. The van der Waals surface area contributed by atoms with Crippen molar-refractivity contribution in [2.24, 2.45) is 0 Å². The zero-order valence-electron chi connectivity index (χ0n) is 10.5. The van der Waals surface area contributed by atoms with Gasteiger partial charge in [0.05, 0.1) is 6.61 Å². The van der Waals surface area contributed by atoms with Crippen molar-refractivity contribution in [2.75, 3.05) is 18.9 Å². The molecule has 0 radical (unpaired) electrons. The third-order valence-corrected chi connectivity index (χ3v) is 2.74. The molecule has 4 nitrogen and oxygen atoms in total. The lowest BCUT2D eigenvalue weighted by Crippen LogP contribution is -2.25. The monoisotopic (exact) mass is 237 g/mol. The molecule has 2 rings (SSSR count). The molecule has 1 heterocycles. The molecule has 0 amide bonds. The molecule has 0 aromatic heterocycles. The first-order chi connectivity index (χ1) is 7.96. The van der Waals surface area contributed by atoms with Crippen molar-refractivity contribution in [3.8, 4) is 5.75 Å². The summed E-state index contributed by atoms with van der Waals surface area (Å²) in [7, 11) is 0. The molecule has 0 unspecified atom stereocenters. The van der Waals surface area contributed by atoms with Crippen LogP contribution in [-0.4, -0.2) is 25.1 Å². The summed E-state index contributed by atoms with van der Waals surface area (Å²) in [5, 5.41) is 0. The van der Waals surface area contributed by atoms with Crippen molar-refractivity contribution in [3.63, 3.8) is 0 Å². The minimum absolute atomic E-state index is 0.0112. The second-order valence-electron chi connectivity index (χ2n) is 4.78. The number of aryl methyl sites for hydroxylation is 1. The molecule has 1 aromatic rings. The van der Waals surface area contributed by atoms with Crippen LogP contribution in [0.4, 0.5) is 5.69 Å². The molecule has 4 heteroatoms. The lowest BCUT2D eigenvalue weighted by Gasteiger charge is -2.17. The topological polar surface area (TPSA) is 53.7 Å². The molecule has 0 spiro atoms. The van der Waals surface area contributed by atoms with Crippen LogP contribution in [0.3, 0.4) is 0 Å². The lowest BCUT2D eigenvalue weighted by atomic mass is 10.2. The van der Waals surface area contributed by atoms with E-state index in [4.69, 9.17) is 19.9 Å². The molecule has 0 saturated carbocycles. The number of nitrogens with two attached hydrogens (primary N) is 1. The lowest BCUT2D eigenvalue weighted by molar-refractivity contribution is -0.141. The van der Waals surface area contributed by atoms with Crippen LogP contribution in [0.1, 0.15) is 19.4 Å². The van der Waals surface area contributed by atoms with Crippen molar-refractivity contribution < 1.29 is 14.2 Å². The fraction of sp³-hybridized carbons (Fsp3) is 0.538. The van der Waals surface area contributed by atoms with Crippen LogP contribution < -0.4 is 10.5 Å². The first-order valence-corrected chi connectivity index (χ1v) is 5.77. The van der Waals surface area contributed by atoms with E-state index in [2.05, 4.69) is 0 Å². The minimum atomic E-state index is -0.495. The van der Waals surface area contributed by atoms with Crippen molar-refractivity contribution in [1.82, 2.24) is 0 Å². The van der Waals surface area contributed by atoms with Gasteiger partial charge in [0.2, 0.25) is 0 Å². The van der Waals surface area contributed by atoms with Gasteiger partial charge in [-0.05, 0) is 44.5 Å². The average Bonchev–Trinajstić information content (AvgIpc) is 2.60. The Kier molecular flexibility index (Phi) is 3.26. The fourth-order valence-electron chi connectivity index (χ4n) is 1.77. The molecule has 0 aliphatic carbocycles. The molecule has 94 valence electrons. The Morgan fingerprint density at radius 3 is 2.82 bits per heavy atom. The highest BCUT2D eigenvalue weighted by atomic mass is 16.7. The van der Waals surface area contributed by atoms with Crippen LogP contribution in [-0.2, 0) is 9.47 Å². The Balaban J connectivity index is 1.88. The maximum absolute atomic E-state index is 5.74. The van der Waals surface area contributed by atoms with Crippen molar-refractivity contribution in [1.29, 1.82) is 0 Å². The molecule has 1 aliphatic heterocycles. The summed E-state index contributed by atoms with van der Waals surface area (Å²) in [5.41, 5.74) is 7.54. The largest absolute Gasteiger partial charge is 0.491 e. The highest BCUT2D eigenvalue weighted by Gasteiger charge is 2.32. The molecular formula is C13H19NO3. The molecule has 1 aromatic carbocycles. The summed E-state index contributed by atoms with van der Waals surface area (Å²) in [4.78, 5) is 0. The van der Waals surface area contributed by atoms with Crippen LogP contribution in [0.2, 0.25) is 0 Å². The molecule has 1 fully saturated rings. The van der Waals surface area contributed by atoms with E-state index >= 15 is 0 Å². The molecule has 0 bridgehead atoms. The number of rotatable bonds is 3. The van der Waals surface area contributed by atoms with Gasteiger partial charge in [0.1, 0.15) is 18.5 Å². The summed E-state index contributed by atoms with van der Waals surface area (Å²) >= 11 is 0. The normalized spacial score (nSPS) is 22.6. The van der Waals surface area contributed by atoms with Gasteiger partial charge in [-0.25, -0.2) is 0 Å². The van der Waals surface area contributed by atoms with Gasteiger partial charge in [0.25, 0.3) is 0 Å². The van der Waals surface area contributed by atoms with Crippen LogP contribution in [0.5, 0.6) is 5.75 Å². The van der Waals surface area contributed by atoms with E-state index in [1.54, 1.807) is 0 Å². The molecule has 1 atom stereocenters. The maximum atomic E-state index is 5.74. The first kappa shape index (κ1) is 12.2. The smallest absolute Gasteiger partial charge is 0.163 e. The van der Waals surface area contributed by atoms with Gasteiger partial charge in [-0.3, -0.25) is 0 Å². The van der Waals surface area contributed by atoms with Crippen molar-refractivity contribution >= 4 is 5.69 Å². The average molecular weight is 237 g/mol. The first-order valence-electron chi connectivity index (χ1n) is 5.77. The Bertz CT molecular complexity index is 404. The number of hydrogen-bond acceptors (Lipinski definition) is 4. The Hall–Kier alpha value is -1.26. The summed E-state index contributed by atoms with van der Waals surface area (Å²) in [6, 6.07) is 5.64. The van der Waals surface area contributed by atoms with E-state index in [1.807, 2.05) is 39.0 Å². The van der Waals surface area contributed by atoms with Crippen LogP contribution in [0.15, 0.2) is 18.2 Å². The second-order valence-corrected chi connectivity index (χ2v) is 4.78. The minimum Gasteiger partial charge on any atom is -0.491 e. The molecular weight excluding hydrogens is 218 g/mol. The molecule has 1 aliphatic rings. The highest BCUT2D eigenvalue weighted by Crippen LogP contribution is 2.24. The number of hydrogen-bond donors (Lipinski definition) is 1. The summed E-state index contributed by atoms with van der Waals surface area (Å²) in [6.07, 6.45) is -0.0112. The van der Waals surface area contributed by atoms with Crippen LogP contribution in [0.25, 0.3) is 0 Å². The zero-order chi connectivity index (χ0) is 12.5. The van der Waals surface area contributed by atoms with Crippen LogP contribution in [0, 0.1) is 6.92 Å². The van der Waals surface area contributed by atoms with E-state index < -0.39 is 5.79 Å². The predicted octanol–water partition coefficient (Wildman–Crippen LogP) is 2.11. The molecule has 2 N–H and O–H groups in total. The summed E-state index contributed by atoms with van der Waals surface area (Å²) in [5.74, 6) is 0.315. The standard InChI is InChI=1S/C13H19NO3/c1-9-6-10(4-5-12(9)14)15-7-11-8-16-13(2,3)17-11/h4-6,11H,7-8,14H2,1-3H3/t11-/m1/s1. The number of benzene rings is 1. The third-order valence-electron chi connectivity index (χ3n) is 2.74. The van der Waals surface area contributed by atoms with E-state index in [9.17, 15) is 0 Å². The van der Waals surface area contributed by atoms with Gasteiger partial charge in [-0.1, -0.05) is 0 Å². The molecule has 17 heavy (non-hydrogen) atoms. The molecule has 1 saturated heterocycles. The van der Waals surface area contributed by atoms with E-state index in [1.165, 1.54) is 0 Å². The maximum Gasteiger partial charge on any atom is 0.163 e. The van der Waals surface area contributed by atoms with Crippen molar-refractivity contribution in [2.45, 2.75) is 32.7 Å². The number of ether oxygens (including phenoxy) is 3. The Labute approximate surface area is 102 Å². The van der Waals surface area contributed by atoms with E-state index in [0.29, 0.717) is 13.2 Å². The number of nitrogen functional groups attached to an aromatic ring is 1. The van der Waals surface area contributed by atoms with Gasteiger partial charge in [0, 0.05) is 5.69 Å². The van der Waals surface area contributed by atoms with Crippen LogP contribution >= 0.6 is 0 Å². The second kappa shape index (κ2) is 4.55. The number of anilines is 1. The van der Waals surface area contributed by atoms with Gasteiger partial charge in [-0.15, -0.1) is 0 Å². The van der Waals surface area contributed by atoms with Gasteiger partial charge < -0.3 is 19.9 Å². The summed E-state index contributed by atoms with van der Waals surface area (Å²) in [6.45, 7) is 6.83. The third kappa shape index (κ3) is 3.11. The SMILES string of the molecule is Cc1cc(OC[C@@H]2COC(C)(C)O2)ccc1N. The fourth-order valence-corrected chi connectivity index (χ4v) is 1.77. The van der Waals surface area contributed by atoms with Gasteiger partial charge in [0.15, 0.2) is 5.79 Å².